The molecule has 134 valence electrons. The lowest BCUT2D eigenvalue weighted by atomic mass is 10.2. The first kappa shape index (κ1) is 16.8. The van der Waals surface area contributed by atoms with Crippen LogP contribution in [0.5, 0.6) is 0 Å². The molecule has 2 fully saturated rings. The number of rotatable bonds is 7. The molecule has 1 saturated heterocycles. The quantitative estimate of drug-likeness (QED) is 0.772. The van der Waals surface area contributed by atoms with E-state index in [4.69, 9.17) is 0 Å². The topological polar surface area (TPSA) is 71.0 Å². The average molecular weight is 349 g/mol. The average Bonchev–Trinajstić information content (AvgIpc) is 3.12. The Hall–Kier alpha value is -2.60. The summed E-state index contributed by atoms with van der Waals surface area (Å²) in [4.78, 5) is 26.9. The van der Waals surface area contributed by atoms with Crippen molar-refractivity contribution in [2.24, 2.45) is 17.8 Å². The van der Waals surface area contributed by atoms with Gasteiger partial charge in [0.05, 0.1) is 6.54 Å². The normalized spacial score (nSPS) is 24.5. The lowest BCUT2D eigenvalue weighted by Crippen LogP contribution is -2.27. The highest BCUT2D eigenvalue weighted by molar-refractivity contribution is 5.91. The van der Waals surface area contributed by atoms with Gasteiger partial charge in [-0.3, -0.25) is 14.7 Å². The molecule has 1 aliphatic heterocycles. The van der Waals surface area contributed by atoms with Crippen LogP contribution in [0.4, 0.5) is 0 Å². The molecule has 2 aromatic rings. The number of fused-ring (bicyclic) bond motifs is 1. The Morgan fingerprint density at radius 1 is 1.19 bits per heavy atom. The predicted molar refractivity (Wildman–Crippen MR) is 98.7 cm³/mol. The highest BCUT2D eigenvalue weighted by atomic mass is 16.1. The number of nitrogens with one attached hydrogen (secondary N) is 1. The summed E-state index contributed by atoms with van der Waals surface area (Å²) in [5.74, 6) is 3.18. The molecule has 2 aromatic heterocycles. The summed E-state index contributed by atoms with van der Waals surface area (Å²) >= 11 is 0. The molecule has 0 aromatic carbocycles. The molecule has 0 spiro atoms. The van der Waals surface area contributed by atoms with Gasteiger partial charge in [-0.05, 0) is 47.9 Å². The molecule has 6 nitrogen and oxygen atoms in total. The first-order chi connectivity index (χ1) is 12.8. The van der Waals surface area contributed by atoms with Gasteiger partial charge in [-0.2, -0.15) is 0 Å². The van der Waals surface area contributed by atoms with Crippen LogP contribution in [0.3, 0.4) is 0 Å². The van der Waals surface area contributed by atoms with Crippen molar-refractivity contribution in [3.8, 4) is 0 Å². The number of nitrogens with zero attached hydrogens (tertiary/aromatic N) is 4. The van der Waals surface area contributed by atoms with E-state index in [9.17, 15) is 4.79 Å². The number of hydrogen-bond acceptors (Lipinski definition) is 5. The van der Waals surface area contributed by atoms with Gasteiger partial charge in [-0.15, -0.1) is 0 Å². The third-order valence-corrected chi connectivity index (χ3v) is 5.32. The van der Waals surface area contributed by atoms with Crippen LogP contribution in [-0.4, -0.2) is 45.4 Å². The molecule has 0 unspecified atom stereocenters. The van der Waals surface area contributed by atoms with Gasteiger partial charge >= 0.3 is 0 Å². The highest BCUT2D eigenvalue weighted by Crippen LogP contribution is 2.53. The van der Waals surface area contributed by atoms with Gasteiger partial charge in [0.2, 0.25) is 5.91 Å². The van der Waals surface area contributed by atoms with Crippen molar-refractivity contribution < 1.29 is 4.79 Å². The molecule has 0 radical (unpaired) electrons. The summed E-state index contributed by atoms with van der Waals surface area (Å²) in [5.41, 5.74) is 0.932. The molecule has 2 aliphatic rings. The number of piperidine rings is 1. The third-order valence-electron chi connectivity index (χ3n) is 5.32. The first-order valence-corrected chi connectivity index (χ1v) is 9.14. The lowest BCUT2D eigenvalue weighted by Gasteiger charge is -2.18. The molecular formula is C20H23N5O. The maximum Gasteiger partial charge on any atom is 0.244 e. The van der Waals surface area contributed by atoms with E-state index in [1.165, 1.54) is 0 Å². The number of pyridine rings is 1. The zero-order valence-corrected chi connectivity index (χ0v) is 14.7. The number of carbonyl (C=O) groups is 1. The van der Waals surface area contributed by atoms with Gasteiger partial charge in [-0.1, -0.05) is 6.07 Å². The Bertz CT molecular complexity index is 752. The first-order valence-electron chi connectivity index (χ1n) is 9.14. The van der Waals surface area contributed by atoms with Gasteiger partial charge in [0.25, 0.3) is 0 Å². The third kappa shape index (κ3) is 4.14. The molecule has 4 rings (SSSR count). The smallest absolute Gasteiger partial charge is 0.244 e. The lowest BCUT2D eigenvalue weighted by molar-refractivity contribution is -0.116. The number of amides is 1. The molecule has 0 bridgehead atoms. The fraction of sp³-hybridized carbons (Fsp3) is 0.400. The number of hydrogen-bond donors (Lipinski definition) is 1. The Morgan fingerprint density at radius 3 is 2.73 bits per heavy atom. The van der Waals surface area contributed by atoms with Crippen molar-refractivity contribution in [2.75, 3.05) is 19.6 Å². The van der Waals surface area contributed by atoms with Gasteiger partial charge in [-0.25, -0.2) is 9.97 Å². The van der Waals surface area contributed by atoms with Crippen LogP contribution in [0, 0.1) is 17.8 Å². The second kappa shape index (κ2) is 7.74. The Labute approximate surface area is 153 Å². The van der Waals surface area contributed by atoms with E-state index in [1.54, 1.807) is 36.9 Å². The summed E-state index contributed by atoms with van der Waals surface area (Å²) in [7, 11) is 0. The van der Waals surface area contributed by atoms with Crippen molar-refractivity contribution >= 4 is 12.0 Å². The zero-order valence-electron chi connectivity index (χ0n) is 14.7. The SMILES string of the molecule is O=C(/C=C/c1cccnc1)NCC[C@H]1[C@H]2CN(Cc3ncccn3)C[C@@H]12. The minimum atomic E-state index is -0.0393. The number of carbonyl (C=O) groups excluding carboxylic acids is 1. The van der Waals surface area contributed by atoms with Crippen molar-refractivity contribution in [1.82, 2.24) is 25.2 Å². The van der Waals surface area contributed by atoms with Gasteiger partial charge in [0.1, 0.15) is 5.82 Å². The highest BCUT2D eigenvalue weighted by Gasteiger charge is 2.54. The second-order valence-electron chi connectivity index (χ2n) is 7.05. The van der Waals surface area contributed by atoms with E-state index >= 15 is 0 Å². The van der Waals surface area contributed by atoms with E-state index in [1.807, 2.05) is 18.2 Å². The van der Waals surface area contributed by atoms with Crippen LogP contribution >= 0.6 is 0 Å². The minimum absolute atomic E-state index is 0.0393. The van der Waals surface area contributed by atoms with E-state index in [2.05, 4.69) is 25.2 Å². The zero-order chi connectivity index (χ0) is 17.8. The van der Waals surface area contributed by atoms with Crippen molar-refractivity contribution in [1.29, 1.82) is 0 Å². The van der Waals surface area contributed by atoms with E-state index in [0.29, 0.717) is 0 Å². The summed E-state index contributed by atoms with van der Waals surface area (Å²) in [6, 6.07) is 5.63. The monoisotopic (exact) mass is 349 g/mol. The fourth-order valence-corrected chi connectivity index (χ4v) is 3.97. The number of aromatic nitrogens is 3. The van der Waals surface area contributed by atoms with Crippen molar-refractivity contribution in [2.45, 2.75) is 13.0 Å². The van der Waals surface area contributed by atoms with Crippen LogP contribution in [0.2, 0.25) is 0 Å². The molecule has 1 saturated carbocycles. The van der Waals surface area contributed by atoms with Crippen LogP contribution in [0.15, 0.2) is 49.1 Å². The standard InChI is InChI=1S/C20H23N5O/c26-20(5-4-15-3-1-7-21-11-15)24-10-6-16-17-12-25(13-18(16)17)14-19-22-8-2-9-23-19/h1-5,7-9,11,16-18H,6,10,12-14H2,(H,24,26)/b5-4+/t16-,17+,18-. The maximum absolute atomic E-state index is 11.9. The number of likely N-dealkylation sites (tertiary alicyclic amines) is 1. The summed E-state index contributed by atoms with van der Waals surface area (Å²) in [5, 5.41) is 2.98. The largest absolute Gasteiger partial charge is 0.353 e. The van der Waals surface area contributed by atoms with E-state index in [0.717, 1.165) is 61.7 Å². The van der Waals surface area contributed by atoms with Crippen LogP contribution in [0.25, 0.3) is 6.08 Å². The molecule has 3 heterocycles. The molecule has 1 aliphatic carbocycles. The maximum atomic E-state index is 11.9. The predicted octanol–water partition coefficient (Wildman–Crippen LogP) is 1.77. The Kier molecular flexibility index (Phi) is 5.02. The van der Waals surface area contributed by atoms with Crippen LogP contribution in [-0.2, 0) is 11.3 Å². The van der Waals surface area contributed by atoms with Gasteiger partial charge < -0.3 is 5.32 Å². The van der Waals surface area contributed by atoms with Crippen molar-refractivity contribution in [3.05, 3.63) is 60.5 Å². The molecular weight excluding hydrogens is 326 g/mol. The van der Waals surface area contributed by atoms with Crippen LogP contribution in [0.1, 0.15) is 17.8 Å². The fourth-order valence-electron chi connectivity index (χ4n) is 3.97. The summed E-state index contributed by atoms with van der Waals surface area (Å²) in [6.45, 7) is 3.84. The van der Waals surface area contributed by atoms with Crippen LogP contribution < -0.4 is 5.32 Å². The Balaban J connectivity index is 1.14. The molecule has 3 atom stereocenters. The minimum Gasteiger partial charge on any atom is -0.353 e. The molecule has 6 heteroatoms. The molecule has 1 amide bonds. The van der Waals surface area contributed by atoms with E-state index in [-0.39, 0.29) is 5.91 Å². The van der Waals surface area contributed by atoms with E-state index < -0.39 is 0 Å². The second-order valence-corrected chi connectivity index (χ2v) is 7.05. The van der Waals surface area contributed by atoms with Crippen molar-refractivity contribution in [3.63, 3.8) is 0 Å². The molecule has 1 N–H and O–H groups in total. The summed E-state index contributed by atoms with van der Waals surface area (Å²) in [6.07, 6.45) is 11.5. The summed E-state index contributed by atoms with van der Waals surface area (Å²) < 4.78 is 0. The molecule has 26 heavy (non-hydrogen) atoms. The Morgan fingerprint density at radius 2 is 2.00 bits per heavy atom. The van der Waals surface area contributed by atoms with Gasteiger partial charge in [0, 0.05) is 50.5 Å². The van der Waals surface area contributed by atoms with Gasteiger partial charge in [0.15, 0.2) is 0 Å².